The summed E-state index contributed by atoms with van der Waals surface area (Å²) >= 11 is 0. The SMILES string of the molecule is CNC(=O)C1CNCCN1C(C)C(C)(C)OC. The Hall–Kier alpha value is -0.650. The van der Waals surface area contributed by atoms with E-state index in [1.165, 1.54) is 0 Å². The molecule has 0 aromatic carbocycles. The van der Waals surface area contributed by atoms with Crippen LogP contribution in [0.1, 0.15) is 20.8 Å². The zero-order valence-corrected chi connectivity index (χ0v) is 11.5. The molecule has 0 aliphatic carbocycles. The number of carbonyl (C=O) groups is 1. The number of piperazine rings is 1. The van der Waals surface area contributed by atoms with E-state index in [1.54, 1.807) is 14.2 Å². The van der Waals surface area contributed by atoms with Crippen molar-refractivity contribution in [2.75, 3.05) is 33.8 Å². The van der Waals surface area contributed by atoms with Crippen LogP contribution in [0.25, 0.3) is 0 Å². The highest BCUT2D eigenvalue weighted by atomic mass is 16.5. The van der Waals surface area contributed by atoms with Crippen molar-refractivity contribution < 1.29 is 9.53 Å². The molecule has 0 aromatic rings. The molecule has 1 fully saturated rings. The van der Waals surface area contributed by atoms with Crippen LogP contribution in [-0.2, 0) is 9.53 Å². The van der Waals surface area contributed by atoms with E-state index in [0.717, 1.165) is 13.1 Å². The minimum atomic E-state index is -0.260. The molecule has 2 atom stereocenters. The number of hydrogen-bond donors (Lipinski definition) is 2. The van der Waals surface area contributed by atoms with Gasteiger partial charge in [-0.15, -0.1) is 0 Å². The number of amides is 1. The lowest BCUT2D eigenvalue weighted by Gasteiger charge is -2.44. The first-order valence-electron chi connectivity index (χ1n) is 6.17. The molecule has 1 aliphatic heterocycles. The Balaban J connectivity index is 2.81. The molecule has 1 heterocycles. The van der Waals surface area contributed by atoms with Crippen LogP contribution in [0.15, 0.2) is 0 Å². The second kappa shape index (κ2) is 5.80. The molecule has 2 N–H and O–H groups in total. The molecule has 0 radical (unpaired) electrons. The fourth-order valence-electron chi connectivity index (χ4n) is 2.16. The molecule has 2 unspecified atom stereocenters. The molecule has 1 aliphatic rings. The van der Waals surface area contributed by atoms with Crippen molar-refractivity contribution >= 4 is 5.91 Å². The highest BCUT2D eigenvalue weighted by molar-refractivity contribution is 5.81. The van der Waals surface area contributed by atoms with Crippen LogP contribution in [0, 0.1) is 0 Å². The van der Waals surface area contributed by atoms with E-state index in [2.05, 4.69) is 36.3 Å². The van der Waals surface area contributed by atoms with Gasteiger partial charge in [-0.3, -0.25) is 9.69 Å². The number of nitrogens with one attached hydrogen (secondary N) is 2. The predicted molar refractivity (Wildman–Crippen MR) is 68.0 cm³/mol. The van der Waals surface area contributed by atoms with Crippen LogP contribution in [0.5, 0.6) is 0 Å². The topological polar surface area (TPSA) is 53.6 Å². The average Bonchev–Trinajstić information content (AvgIpc) is 2.36. The molecule has 0 saturated carbocycles. The van der Waals surface area contributed by atoms with E-state index in [0.29, 0.717) is 6.54 Å². The third-order valence-corrected chi connectivity index (χ3v) is 3.86. The Kier molecular flexibility index (Phi) is 4.91. The van der Waals surface area contributed by atoms with Gasteiger partial charge in [0.05, 0.1) is 5.60 Å². The van der Waals surface area contributed by atoms with Gasteiger partial charge in [-0.05, 0) is 20.8 Å². The fourth-order valence-corrected chi connectivity index (χ4v) is 2.16. The Morgan fingerprint density at radius 2 is 2.24 bits per heavy atom. The predicted octanol–water partition coefficient (Wildman–Crippen LogP) is -0.180. The van der Waals surface area contributed by atoms with E-state index in [-0.39, 0.29) is 23.6 Å². The molecule has 1 amide bonds. The maximum Gasteiger partial charge on any atom is 0.238 e. The van der Waals surface area contributed by atoms with Crippen LogP contribution >= 0.6 is 0 Å². The number of rotatable bonds is 4. The highest BCUT2D eigenvalue weighted by Crippen LogP contribution is 2.22. The Morgan fingerprint density at radius 1 is 1.59 bits per heavy atom. The van der Waals surface area contributed by atoms with Gasteiger partial charge in [-0.1, -0.05) is 0 Å². The number of ether oxygens (including phenoxy) is 1. The van der Waals surface area contributed by atoms with Gasteiger partial charge in [0.15, 0.2) is 0 Å². The number of methoxy groups -OCH3 is 1. The molecule has 5 heteroatoms. The van der Waals surface area contributed by atoms with Gasteiger partial charge in [0.25, 0.3) is 0 Å². The third kappa shape index (κ3) is 3.18. The summed E-state index contributed by atoms with van der Waals surface area (Å²) in [6.45, 7) is 8.71. The summed E-state index contributed by atoms with van der Waals surface area (Å²) in [5.41, 5.74) is -0.260. The molecule has 17 heavy (non-hydrogen) atoms. The summed E-state index contributed by atoms with van der Waals surface area (Å²) < 4.78 is 5.52. The first-order valence-corrected chi connectivity index (χ1v) is 6.17. The maximum absolute atomic E-state index is 11.9. The van der Waals surface area contributed by atoms with E-state index in [4.69, 9.17) is 4.74 Å². The minimum absolute atomic E-state index is 0.0657. The standard InChI is InChI=1S/C12H25N3O2/c1-9(12(2,3)17-5)15-7-6-14-8-10(15)11(16)13-4/h9-10,14H,6-8H2,1-5H3,(H,13,16). The van der Waals surface area contributed by atoms with Crippen molar-refractivity contribution in [1.29, 1.82) is 0 Å². The van der Waals surface area contributed by atoms with Crippen LogP contribution in [0.2, 0.25) is 0 Å². The van der Waals surface area contributed by atoms with Gasteiger partial charge in [-0.2, -0.15) is 0 Å². The number of nitrogens with zero attached hydrogens (tertiary/aromatic N) is 1. The molecule has 5 nitrogen and oxygen atoms in total. The molecule has 0 spiro atoms. The fraction of sp³-hybridized carbons (Fsp3) is 0.917. The Morgan fingerprint density at radius 3 is 2.76 bits per heavy atom. The lowest BCUT2D eigenvalue weighted by atomic mass is 9.96. The summed E-state index contributed by atoms with van der Waals surface area (Å²) in [7, 11) is 3.40. The zero-order valence-electron chi connectivity index (χ0n) is 11.5. The second-order valence-corrected chi connectivity index (χ2v) is 5.06. The Bertz CT molecular complexity index is 268. The van der Waals surface area contributed by atoms with E-state index >= 15 is 0 Å². The van der Waals surface area contributed by atoms with Gasteiger partial charge in [0.2, 0.25) is 5.91 Å². The van der Waals surface area contributed by atoms with E-state index in [9.17, 15) is 4.79 Å². The monoisotopic (exact) mass is 243 g/mol. The molecule has 100 valence electrons. The van der Waals surface area contributed by atoms with Crippen LogP contribution in [-0.4, -0.2) is 62.3 Å². The van der Waals surface area contributed by atoms with Gasteiger partial charge < -0.3 is 15.4 Å². The van der Waals surface area contributed by atoms with Gasteiger partial charge in [-0.25, -0.2) is 0 Å². The van der Waals surface area contributed by atoms with Crippen LogP contribution in [0.4, 0.5) is 0 Å². The number of hydrogen-bond acceptors (Lipinski definition) is 4. The molecule has 1 saturated heterocycles. The molecule has 0 bridgehead atoms. The van der Waals surface area contributed by atoms with Crippen molar-refractivity contribution in [3.05, 3.63) is 0 Å². The maximum atomic E-state index is 11.9. The summed E-state index contributed by atoms with van der Waals surface area (Å²) in [6, 6.07) is 0.0788. The van der Waals surface area contributed by atoms with Crippen LogP contribution < -0.4 is 10.6 Å². The van der Waals surface area contributed by atoms with Gasteiger partial charge in [0, 0.05) is 39.8 Å². The van der Waals surface area contributed by atoms with E-state index < -0.39 is 0 Å². The van der Waals surface area contributed by atoms with Crippen molar-refractivity contribution in [3.8, 4) is 0 Å². The van der Waals surface area contributed by atoms with Crippen LogP contribution in [0.3, 0.4) is 0 Å². The summed E-state index contributed by atoms with van der Waals surface area (Å²) in [4.78, 5) is 14.1. The Labute approximate surface area is 104 Å². The quantitative estimate of drug-likeness (QED) is 0.719. The molecule has 1 rings (SSSR count). The largest absolute Gasteiger partial charge is 0.377 e. The second-order valence-electron chi connectivity index (χ2n) is 5.06. The summed E-state index contributed by atoms with van der Waals surface area (Å²) in [5.74, 6) is 0.0657. The van der Waals surface area contributed by atoms with Gasteiger partial charge in [0.1, 0.15) is 6.04 Å². The summed E-state index contributed by atoms with van der Waals surface area (Å²) in [5, 5.41) is 5.99. The lowest BCUT2D eigenvalue weighted by molar-refractivity contribution is -0.131. The van der Waals surface area contributed by atoms with Crippen molar-refractivity contribution in [3.63, 3.8) is 0 Å². The smallest absolute Gasteiger partial charge is 0.238 e. The van der Waals surface area contributed by atoms with Crippen molar-refractivity contribution in [2.45, 2.75) is 38.5 Å². The first-order chi connectivity index (χ1) is 7.94. The lowest BCUT2D eigenvalue weighted by Crippen LogP contribution is -2.63. The number of likely N-dealkylation sites (N-methyl/N-ethyl adjacent to an activating group) is 1. The summed E-state index contributed by atoms with van der Waals surface area (Å²) in [6.07, 6.45) is 0. The average molecular weight is 243 g/mol. The number of carbonyl (C=O) groups excluding carboxylic acids is 1. The normalized spacial score (nSPS) is 24.4. The molecule has 0 aromatic heterocycles. The highest BCUT2D eigenvalue weighted by Gasteiger charge is 2.38. The molecular formula is C12H25N3O2. The third-order valence-electron chi connectivity index (χ3n) is 3.86. The van der Waals surface area contributed by atoms with Crippen molar-refractivity contribution in [2.24, 2.45) is 0 Å². The first kappa shape index (κ1) is 14.4. The van der Waals surface area contributed by atoms with Gasteiger partial charge >= 0.3 is 0 Å². The zero-order chi connectivity index (χ0) is 13.1. The van der Waals surface area contributed by atoms with Crippen molar-refractivity contribution in [1.82, 2.24) is 15.5 Å². The van der Waals surface area contributed by atoms with E-state index in [1.807, 2.05) is 0 Å². The minimum Gasteiger partial charge on any atom is -0.377 e. The molecular weight excluding hydrogens is 218 g/mol.